The average Bonchev–Trinajstić information content (AvgIpc) is 2.62. The van der Waals surface area contributed by atoms with Gasteiger partial charge in [-0.05, 0) is 49.8 Å². The lowest BCUT2D eigenvalue weighted by Crippen LogP contribution is -2.39. The number of likely N-dealkylation sites (tertiary alicyclic amines) is 1. The molecule has 1 aliphatic rings. The number of rotatable bonds is 10. The van der Waals surface area contributed by atoms with Crippen molar-refractivity contribution in [1.29, 1.82) is 0 Å². The van der Waals surface area contributed by atoms with Crippen LogP contribution in [0, 0.1) is 0 Å². The summed E-state index contributed by atoms with van der Waals surface area (Å²) in [7, 11) is 0. The Balaban J connectivity index is 1.46. The number of benzene rings is 1. The molecular weight excluding hydrogens is 314 g/mol. The maximum atomic E-state index is 10.7. The van der Waals surface area contributed by atoms with Crippen LogP contribution in [-0.2, 0) is 17.7 Å². The lowest BCUT2D eigenvalue weighted by molar-refractivity contribution is 0.0558. The summed E-state index contributed by atoms with van der Waals surface area (Å²) in [6, 6.07) is 8.62. The SMILES string of the molecule is NCc1cccc(CCCCCCCN2CCC(OC(N)=O)CC2)c1. The molecule has 0 radical (unpaired) electrons. The van der Waals surface area contributed by atoms with Crippen LogP contribution in [0.5, 0.6) is 0 Å². The zero-order valence-corrected chi connectivity index (χ0v) is 15.3. The Morgan fingerprint density at radius 3 is 2.48 bits per heavy atom. The highest BCUT2D eigenvalue weighted by molar-refractivity contribution is 5.64. The molecule has 140 valence electrons. The van der Waals surface area contributed by atoms with Crippen LogP contribution in [0.4, 0.5) is 4.79 Å². The monoisotopic (exact) mass is 347 g/mol. The molecule has 0 saturated carbocycles. The Bertz CT molecular complexity index is 513. The molecule has 1 aromatic rings. The number of unbranched alkanes of at least 4 members (excludes halogenated alkanes) is 4. The van der Waals surface area contributed by atoms with Gasteiger partial charge in [0.2, 0.25) is 0 Å². The van der Waals surface area contributed by atoms with E-state index in [0.717, 1.165) is 38.9 Å². The number of hydrogen-bond donors (Lipinski definition) is 2. The zero-order valence-electron chi connectivity index (χ0n) is 15.3. The maximum absolute atomic E-state index is 10.7. The van der Waals surface area contributed by atoms with E-state index < -0.39 is 6.09 Å². The first-order chi connectivity index (χ1) is 12.2. The normalized spacial score (nSPS) is 16.0. The van der Waals surface area contributed by atoms with Crippen molar-refractivity contribution in [3.63, 3.8) is 0 Å². The third-order valence-corrected chi connectivity index (χ3v) is 4.98. The fourth-order valence-electron chi connectivity index (χ4n) is 3.52. The smallest absolute Gasteiger partial charge is 0.404 e. The molecule has 0 aliphatic carbocycles. The third-order valence-electron chi connectivity index (χ3n) is 4.98. The van der Waals surface area contributed by atoms with Crippen LogP contribution in [0.2, 0.25) is 0 Å². The molecule has 0 unspecified atom stereocenters. The Hall–Kier alpha value is -1.59. The van der Waals surface area contributed by atoms with E-state index in [9.17, 15) is 4.79 Å². The van der Waals surface area contributed by atoms with Gasteiger partial charge >= 0.3 is 6.09 Å². The van der Waals surface area contributed by atoms with E-state index in [1.807, 2.05) is 0 Å². The number of carbonyl (C=O) groups is 1. The van der Waals surface area contributed by atoms with Gasteiger partial charge < -0.3 is 21.1 Å². The average molecular weight is 348 g/mol. The lowest BCUT2D eigenvalue weighted by Gasteiger charge is -2.31. The van der Waals surface area contributed by atoms with E-state index in [-0.39, 0.29) is 6.10 Å². The molecule has 25 heavy (non-hydrogen) atoms. The largest absolute Gasteiger partial charge is 0.446 e. The minimum absolute atomic E-state index is 0.0199. The maximum Gasteiger partial charge on any atom is 0.404 e. The second-order valence-electron chi connectivity index (χ2n) is 7.02. The molecule has 0 spiro atoms. The van der Waals surface area contributed by atoms with Crippen molar-refractivity contribution in [3.8, 4) is 0 Å². The molecule has 1 heterocycles. The highest BCUT2D eigenvalue weighted by Gasteiger charge is 2.20. The minimum Gasteiger partial charge on any atom is -0.446 e. The third kappa shape index (κ3) is 7.88. The summed E-state index contributed by atoms with van der Waals surface area (Å²) in [5.41, 5.74) is 13.4. The Morgan fingerprint density at radius 2 is 1.76 bits per heavy atom. The zero-order chi connectivity index (χ0) is 17.9. The van der Waals surface area contributed by atoms with Crippen LogP contribution in [0.25, 0.3) is 0 Å². The van der Waals surface area contributed by atoms with Gasteiger partial charge in [0.15, 0.2) is 0 Å². The summed E-state index contributed by atoms with van der Waals surface area (Å²) >= 11 is 0. The first-order valence-electron chi connectivity index (χ1n) is 9.63. The van der Waals surface area contributed by atoms with Gasteiger partial charge in [0.25, 0.3) is 0 Å². The Labute approximate surface area is 151 Å². The second kappa shape index (κ2) is 11.1. The fraction of sp³-hybridized carbons (Fsp3) is 0.650. The summed E-state index contributed by atoms with van der Waals surface area (Å²) < 4.78 is 5.07. The number of aryl methyl sites for hydroxylation is 1. The molecule has 1 fully saturated rings. The summed E-state index contributed by atoms with van der Waals surface area (Å²) in [6.07, 6.45) is 8.74. The van der Waals surface area contributed by atoms with Gasteiger partial charge in [-0.2, -0.15) is 0 Å². The van der Waals surface area contributed by atoms with Gasteiger partial charge in [0, 0.05) is 19.6 Å². The molecule has 0 bridgehead atoms. The van der Waals surface area contributed by atoms with Crippen molar-refractivity contribution in [2.75, 3.05) is 19.6 Å². The molecule has 1 amide bonds. The predicted octanol–water partition coefficient (Wildman–Crippen LogP) is 3.20. The highest BCUT2D eigenvalue weighted by atomic mass is 16.6. The first kappa shape index (κ1) is 19.7. The fourth-order valence-corrected chi connectivity index (χ4v) is 3.52. The second-order valence-corrected chi connectivity index (χ2v) is 7.02. The summed E-state index contributed by atoms with van der Waals surface area (Å²) in [5, 5.41) is 0. The van der Waals surface area contributed by atoms with Crippen molar-refractivity contribution < 1.29 is 9.53 Å². The van der Waals surface area contributed by atoms with Crippen molar-refractivity contribution in [2.24, 2.45) is 11.5 Å². The molecular formula is C20H33N3O2. The number of piperidine rings is 1. The molecule has 1 saturated heterocycles. The number of amides is 1. The van der Waals surface area contributed by atoms with E-state index >= 15 is 0 Å². The van der Waals surface area contributed by atoms with Crippen LogP contribution in [0.15, 0.2) is 24.3 Å². The molecule has 0 atom stereocenters. The van der Waals surface area contributed by atoms with Crippen LogP contribution in [0.3, 0.4) is 0 Å². The molecule has 5 heteroatoms. The standard InChI is InChI=1S/C20H33N3O2/c21-16-18-9-6-8-17(15-18)7-4-2-1-3-5-12-23-13-10-19(11-14-23)25-20(22)24/h6,8-9,15,19H,1-5,7,10-14,16,21H2,(H2,22,24). The summed E-state index contributed by atoms with van der Waals surface area (Å²) in [6.45, 7) is 3.80. The summed E-state index contributed by atoms with van der Waals surface area (Å²) in [4.78, 5) is 13.2. The van der Waals surface area contributed by atoms with E-state index in [1.54, 1.807) is 0 Å². The molecule has 0 aromatic heterocycles. The topological polar surface area (TPSA) is 81.6 Å². The summed E-state index contributed by atoms with van der Waals surface area (Å²) in [5.74, 6) is 0. The number of carbonyl (C=O) groups excluding carboxylic acids is 1. The van der Waals surface area contributed by atoms with Gasteiger partial charge in [-0.1, -0.05) is 43.5 Å². The number of ether oxygens (including phenoxy) is 1. The molecule has 2 rings (SSSR count). The van der Waals surface area contributed by atoms with Crippen molar-refractivity contribution in [2.45, 2.75) is 64.0 Å². The van der Waals surface area contributed by atoms with Crippen LogP contribution < -0.4 is 11.5 Å². The highest BCUT2D eigenvalue weighted by Crippen LogP contribution is 2.15. The number of hydrogen-bond acceptors (Lipinski definition) is 4. The van der Waals surface area contributed by atoms with Gasteiger partial charge in [-0.3, -0.25) is 0 Å². The molecule has 1 aliphatic heterocycles. The van der Waals surface area contributed by atoms with Crippen LogP contribution >= 0.6 is 0 Å². The number of nitrogens with two attached hydrogens (primary N) is 2. The van der Waals surface area contributed by atoms with Gasteiger partial charge in [0.05, 0.1) is 0 Å². The van der Waals surface area contributed by atoms with Crippen molar-refractivity contribution in [1.82, 2.24) is 4.90 Å². The van der Waals surface area contributed by atoms with E-state index in [0.29, 0.717) is 6.54 Å². The molecule has 1 aromatic carbocycles. The number of primary amides is 1. The molecule has 4 N–H and O–H groups in total. The van der Waals surface area contributed by atoms with Crippen molar-refractivity contribution >= 4 is 6.09 Å². The molecule has 5 nitrogen and oxygen atoms in total. The van der Waals surface area contributed by atoms with Gasteiger partial charge in [-0.25, -0.2) is 4.79 Å². The van der Waals surface area contributed by atoms with Crippen LogP contribution in [0.1, 0.15) is 56.1 Å². The minimum atomic E-state index is -0.645. The van der Waals surface area contributed by atoms with Gasteiger partial charge in [-0.15, -0.1) is 0 Å². The van der Waals surface area contributed by atoms with Crippen LogP contribution in [-0.4, -0.2) is 36.7 Å². The first-order valence-corrected chi connectivity index (χ1v) is 9.63. The van der Waals surface area contributed by atoms with E-state index in [2.05, 4.69) is 29.2 Å². The predicted molar refractivity (Wildman–Crippen MR) is 101 cm³/mol. The van der Waals surface area contributed by atoms with E-state index in [1.165, 1.54) is 43.2 Å². The van der Waals surface area contributed by atoms with Gasteiger partial charge in [0.1, 0.15) is 6.10 Å². The lowest BCUT2D eigenvalue weighted by atomic mass is 10.0. The van der Waals surface area contributed by atoms with E-state index in [4.69, 9.17) is 16.2 Å². The Morgan fingerprint density at radius 1 is 1.08 bits per heavy atom. The van der Waals surface area contributed by atoms with Crippen molar-refractivity contribution in [3.05, 3.63) is 35.4 Å². The quantitative estimate of drug-likeness (QED) is 0.637. The Kier molecular flexibility index (Phi) is 8.77. The number of nitrogens with zero attached hydrogens (tertiary/aromatic N) is 1.